The molecule has 1 heterocycles. The van der Waals surface area contributed by atoms with Gasteiger partial charge in [0.25, 0.3) is 0 Å². The second-order valence-corrected chi connectivity index (χ2v) is 11.7. The first-order chi connectivity index (χ1) is 17.5. The maximum absolute atomic E-state index is 13.6. The summed E-state index contributed by atoms with van der Waals surface area (Å²) in [4.78, 5) is 22.1. The van der Waals surface area contributed by atoms with Crippen molar-refractivity contribution in [1.29, 1.82) is 0 Å². The lowest BCUT2D eigenvalue weighted by Gasteiger charge is -2.39. The van der Waals surface area contributed by atoms with Gasteiger partial charge >= 0.3 is 6.03 Å². The number of aryl methyl sites for hydroxylation is 2. The number of thioether (sulfide) groups is 1. The Labute approximate surface area is 225 Å². The van der Waals surface area contributed by atoms with Crippen LogP contribution in [0.5, 0.6) is 11.5 Å². The standard InChI is InChI=1S/C31H37N3O2S/c1-21(2)34-29(32-31(5,6)7)37-20-33(30(34)35)28-22(3)17-27(18-23(28)4)36-26-15-13-25(14-16-26)19-24-11-9-8-10-12-24/h8-18,21H,19-20H2,1-7H3. The number of aliphatic imine (C=N–C) groups is 1. The fourth-order valence-electron chi connectivity index (χ4n) is 4.48. The molecule has 0 saturated carbocycles. The van der Waals surface area contributed by atoms with E-state index in [0.29, 0.717) is 5.88 Å². The van der Waals surface area contributed by atoms with Crippen molar-refractivity contribution in [3.8, 4) is 11.5 Å². The van der Waals surface area contributed by atoms with Crippen LogP contribution in [-0.4, -0.2) is 33.6 Å². The van der Waals surface area contributed by atoms with Gasteiger partial charge in [-0.05, 0) is 101 Å². The monoisotopic (exact) mass is 515 g/mol. The topological polar surface area (TPSA) is 45.1 Å². The van der Waals surface area contributed by atoms with E-state index in [1.807, 2.05) is 62.9 Å². The van der Waals surface area contributed by atoms with Gasteiger partial charge in [0, 0.05) is 6.04 Å². The van der Waals surface area contributed by atoms with Crippen molar-refractivity contribution >= 4 is 28.6 Å². The minimum atomic E-state index is -0.248. The molecule has 0 atom stereocenters. The van der Waals surface area contributed by atoms with Crippen molar-refractivity contribution in [1.82, 2.24) is 4.90 Å². The molecule has 0 unspecified atom stereocenters. The molecular weight excluding hydrogens is 478 g/mol. The Morgan fingerprint density at radius 3 is 2.08 bits per heavy atom. The van der Waals surface area contributed by atoms with Gasteiger partial charge in [-0.25, -0.2) is 4.79 Å². The van der Waals surface area contributed by atoms with Crippen molar-refractivity contribution in [3.05, 3.63) is 89.0 Å². The molecule has 3 aromatic carbocycles. The molecule has 3 aromatic rings. The van der Waals surface area contributed by atoms with Gasteiger partial charge in [0.2, 0.25) is 0 Å². The van der Waals surface area contributed by atoms with Gasteiger partial charge in [-0.15, -0.1) is 0 Å². The van der Waals surface area contributed by atoms with E-state index in [9.17, 15) is 4.79 Å². The van der Waals surface area contributed by atoms with Crippen LogP contribution in [0.2, 0.25) is 0 Å². The molecule has 6 heteroatoms. The highest BCUT2D eigenvalue weighted by Gasteiger charge is 2.36. The van der Waals surface area contributed by atoms with Crippen LogP contribution in [-0.2, 0) is 6.42 Å². The number of carbonyl (C=O) groups is 1. The molecule has 194 valence electrons. The van der Waals surface area contributed by atoms with E-state index in [-0.39, 0.29) is 17.6 Å². The number of amides is 2. The number of hydrogen-bond donors (Lipinski definition) is 0. The number of benzene rings is 3. The highest BCUT2D eigenvalue weighted by atomic mass is 32.2. The predicted molar refractivity (Wildman–Crippen MR) is 156 cm³/mol. The lowest BCUT2D eigenvalue weighted by Crippen LogP contribution is -2.53. The molecule has 0 bridgehead atoms. The molecule has 37 heavy (non-hydrogen) atoms. The Hall–Kier alpha value is -3.25. The van der Waals surface area contributed by atoms with Gasteiger partial charge in [-0.2, -0.15) is 0 Å². The van der Waals surface area contributed by atoms with Gasteiger partial charge in [-0.3, -0.25) is 14.8 Å². The number of rotatable bonds is 6. The van der Waals surface area contributed by atoms with E-state index in [0.717, 1.165) is 39.9 Å². The van der Waals surface area contributed by atoms with E-state index in [1.54, 1.807) is 16.7 Å². The normalized spacial score (nSPS) is 15.6. The van der Waals surface area contributed by atoms with Gasteiger partial charge < -0.3 is 4.74 Å². The number of anilines is 1. The van der Waals surface area contributed by atoms with Crippen LogP contribution in [0, 0.1) is 13.8 Å². The van der Waals surface area contributed by atoms with Gasteiger partial charge in [-0.1, -0.05) is 54.2 Å². The molecule has 1 aliphatic heterocycles. The molecule has 0 aromatic heterocycles. The van der Waals surface area contributed by atoms with Crippen LogP contribution in [0.4, 0.5) is 10.5 Å². The highest BCUT2D eigenvalue weighted by molar-refractivity contribution is 8.14. The number of ether oxygens (including phenoxy) is 1. The Morgan fingerprint density at radius 2 is 1.51 bits per heavy atom. The summed E-state index contributed by atoms with van der Waals surface area (Å²) in [5.74, 6) is 2.09. The average molecular weight is 516 g/mol. The molecule has 0 radical (unpaired) electrons. The van der Waals surface area contributed by atoms with E-state index in [1.165, 1.54) is 11.1 Å². The summed E-state index contributed by atoms with van der Waals surface area (Å²) in [6.07, 6.45) is 0.894. The number of urea groups is 1. The first-order valence-corrected chi connectivity index (χ1v) is 13.8. The van der Waals surface area contributed by atoms with E-state index in [4.69, 9.17) is 9.73 Å². The van der Waals surface area contributed by atoms with Crippen LogP contribution in [0.25, 0.3) is 0 Å². The van der Waals surface area contributed by atoms with Crippen molar-refractivity contribution < 1.29 is 9.53 Å². The summed E-state index contributed by atoms with van der Waals surface area (Å²) in [6, 6.07) is 22.7. The minimum Gasteiger partial charge on any atom is -0.457 e. The molecule has 2 amide bonds. The third-order valence-electron chi connectivity index (χ3n) is 6.06. The number of nitrogens with zero attached hydrogens (tertiary/aromatic N) is 3. The molecule has 0 aliphatic carbocycles. The first kappa shape index (κ1) is 26.8. The van der Waals surface area contributed by atoms with Crippen LogP contribution in [0.3, 0.4) is 0 Å². The highest BCUT2D eigenvalue weighted by Crippen LogP contribution is 2.36. The van der Waals surface area contributed by atoms with Crippen molar-refractivity contribution in [2.75, 3.05) is 10.8 Å². The summed E-state index contributed by atoms with van der Waals surface area (Å²) in [5.41, 5.74) is 5.23. The molecule has 1 saturated heterocycles. The molecule has 1 fully saturated rings. The minimum absolute atomic E-state index is 0.0111. The third kappa shape index (κ3) is 6.55. The Bertz CT molecular complexity index is 1260. The first-order valence-electron chi connectivity index (χ1n) is 12.8. The molecule has 5 nitrogen and oxygen atoms in total. The van der Waals surface area contributed by atoms with Crippen LogP contribution < -0.4 is 9.64 Å². The third-order valence-corrected chi connectivity index (χ3v) is 6.99. The Kier molecular flexibility index (Phi) is 7.98. The number of carbonyl (C=O) groups excluding carboxylic acids is 1. The largest absolute Gasteiger partial charge is 0.457 e. The maximum atomic E-state index is 13.6. The van der Waals surface area contributed by atoms with Crippen LogP contribution in [0.15, 0.2) is 71.7 Å². The predicted octanol–water partition coefficient (Wildman–Crippen LogP) is 8.18. The van der Waals surface area contributed by atoms with E-state index >= 15 is 0 Å². The summed E-state index contributed by atoms with van der Waals surface area (Å²) in [7, 11) is 0. The second kappa shape index (κ2) is 11.0. The number of hydrogen-bond acceptors (Lipinski definition) is 4. The molecular formula is C31H37N3O2S. The Balaban J connectivity index is 1.52. The SMILES string of the molecule is Cc1cc(Oc2ccc(Cc3ccccc3)cc2)cc(C)c1N1CSC(=NC(C)(C)C)N(C(C)C)C1=O. The fourth-order valence-corrected chi connectivity index (χ4v) is 5.73. The van der Waals surface area contributed by atoms with Crippen molar-refractivity contribution in [2.45, 2.75) is 66.5 Å². The summed E-state index contributed by atoms with van der Waals surface area (Å²) < 4.78 is 6.21. The molecule has 4 rings (SSSR count). The average Bonchev–Trinajstić information content (AvgIpc) is 2.81. The van der Waals surface area contributed by atoms with Gasteiger partial charge in [0.15, 0.2) is 5.17 Å². The Morgan fingerprint density at radius 1 is 0.919 bits per heavy atom. The van der Waals surface area contributed by atoms with E-state index < -0.39 is 0 Å². The van der Waals surface area contributed by atoms with E-state index in [2.05, 4.69) is 57.2 Å². The summed E-state index contributed by atoms with van der Waals surface area (Å²) >= 11 is 1.61. The lowest BCUT2D eigenvalue weighted by molar-refractivity contribution is 0.220. The second-order valence-electron chi connectivity index (χ2n) is 10.8. The maximum Gasteiger partial charge on any atom is 0.331 e. The molecule has 0 N–H and O–H groups in total. The zero-order valence-corrected chi connectivity index (χ0v) is 23.7. The van der Waals surface area contributed by atoms with Crippen molar-refractivity contribution in [2.24, 2.45) is 4.99 Å². The van der Waals surface area contributed by atoms with Gasteiger partial charge in [0.1, 0.15) is 11.5 Å². The quantitative estimate of drug-likeness (QED) is 0.332. The van der Waals surface area contributed by atoms with Gasteiger partial charge in [0.05, 0.1) is 17.1 Å². The smallest absolute Gasteiger partial charge is 0.331 e. The summed E-state index contributed by atoms with van der Waals surface area (Å²) in [5, 5.41) is 0.787. The zero-order chi connectivity index (χ0) is 26.7. The summed E-state index contributed by atoms with van der Waals surface area (Å²) in [6.45, 7) is 14.3. The number of amidine groups is 1. The fraction of sp³-hybridized carbons (Fsp3) is 0.355. The zero-order valence-electron chi connectivity index (χ0n) is 22.9. The molecule has 0 spiro atoms. The van der Waals surface area contributed by atoms with Crippen molar-refractivity contribution in [3.63, 3.8) is 0 Å². The van der Waals surface area contributed by atoms with Crippen LogP contribution >= 0.6 is 11.8 Å². The molecule has 1 aliphatic rings. The lowest BCUT2D eigenvalue weighted by atomic mass is 10.1. The van der Waals surface area contributed by atoms with Crippen LogP contribution in [0.1, 0.15) is 56.9 Å².